The van der Waals surface area contributed by atoms with Gasteiger partial charge in [-0.1, -0.05) is 25.2 Å². The maximum absolute atomic E-state index is 10.6. The van der Waals surface area contributed by atoms with Gasteiger partial charge in [0.15, 0.2) is 5.54 Å². The van der Waals surface area contributed by atoms with E-state index in [0.29, 0.717) is 5.25 Å². The van der Waals surface area contributed by atoms with Gasteiger partial charge in [-0.25, -0.2) is 0 Å². The van der Waals surface area contributed by atoms with Crippen LogP contribution in [-0.4, -0.2) is 30.4 Å². The van der Waals surface area contributed by atoms with Crippen molar-refractivity contribution in [2.45, 2.75) is 25.5 Å². The Labute approximate surface area is 89.5 Å². The lowest BCUT2D eigenvalue weighted by Crippen LogP contribution is -2.20. The van der Waals surface area contributed by atoms with E-state index in [9.17, 15) is 4.79 Å². The van der Waals surface area contributed by atoms with Crippen LogP contribution in [0.2, 0.25) is 0 Å². The zero-order valence-electron chi connectivity index (χ0n) is 8.48. The van der Waals surface area contributed by atoms with E-state index in [1.807, 2.05) is 7.05 Å². The molecule has 0 aromatic heterocycles. The molecule has 6 heteroatoms. The smallest absolute Gasteiger partial charge is 0.214 e. The van der Waals surface area contributed by atoms with Crippen LogP contribution in [0.25, 0.3) is 0 Å². The topological polar surface area (TPSA) is 32.3 Å². The molecule has 3 nitrogen and oxygen atoms in total. The van der Waals surface area contributed by atoms with Crippen LogP contribution in [-0.2, 0) is 16.6 Å². The quantitative estimate of drug-likeness (QED) is 0.569. The minimum absolute atomic E-state index is 0.487. The lowest BCUT2D eigenvalue weighted by molar-refractivity contribution is -0.113. The Kier molecular flexibility index (Phi) is 6.21. The van der Waals surface area contributed by atoms with E-state index in [1.165, 1.54) is 0 Å². The molecule has 1 N–H and O–H groups in total. The Morgan fingerprint density at radius 3 is 2.62 bits per heavy atom. The van der Waals surface area contributed by atoms with Gasteiger partial charge in [0.05, 0.1) is 0 Å². The van der Waals surface area contributed by atoms with Crippen LogP contribution in [0, 0.1) is 0 Å². The van der Waals surface area contributed by atoms with Crippen LogP contribution >= 0.6 is 16.9 Å². The second-order valence-electron chi connectivity index (χ2n) is 2.75. The van der Waals surface area contributed by atoms with Crippen LogP contribution in [0.4, 0.5) is 0 Å². The van der Waals surface area contributed by atoms with Crippen molar-refractivity contribution in [3.05, 3.63) is 0 Å². The fourth-order valence-corrected chi connectivity index (χ4v) is 6.22. The van der Waals surface area contributed by atoms with Gasteiger partial charge in [0.2, 0.25) is 6.41 Å². The van der Waals surface area contributed by atoms with Gasteiger partial charge in [-0.15, -0.1) is 0 Å². The van der Waals surface area contributed by atoms with Crippen molar-refractivity contribution >= 4 is 35.1 Å². The summed E-state index contributed by atoms with van der Waals surface area (Å²) in [6.07, 6.45) is 1.87. The molecule has 0 aromatic carbocycles. The Bertz CT molecular complexity index is 213. The number of carbonyl (C=O) groups is 1. The molecule has 0 saturated carbocycles. The number of rotatable bonds is 6. The highest BCUT2D eigenvalue weighted by molar-refractivity contribution is 8.69. The third-order valence-corrected chi connectivity index (χ3v) is 9.57. The minimum atomic E-state index is -1.90. The number of carbonyl (C=O) groups excluding carboxylic acids is 1. The first-order chi connectivity index (χ1) is 6.00. The predicted molar refractivity (Wildman–Crippen MR) is 64.5 cm³/mol. The Morgan fingerprint density at radius 1 is 1.77 bits per heavy atom. The number of nitrogens with zero attached hydrogens (tertiary/aromatic N) is 1. The number of hydrogen-bond donors (Lipinski definition) is 1. The van der Waals surface area contributed by atoms with Gasteiger partial charge in [-0.3, -0.25) is 9.88 Å². The standard InChI is InChI=1S/C7H17N2OPS2/c1-5-7(2)13-11(12,8-3)9(4)6-10/h6-7H,5H2,1-4H3,(H,8,12). The Balaban J connectivity index is 4.45. The van der Waals surface area contributed by atoms with Crippen molar-refractivity contribution in [3.63, 3.8) is 0 Å². The minimum Gasteiger partial charge on any atom is -0.301 e. The fourth-order valence-electron chi connectivity index (χ4n) is 0.665. The molecular formula is C7H17N2OPS2. The fraction of sp³-hybridized carbons (Fsp3) is 0.857. The molecule has 0 bridgehead atoms. The normalized spacial score (nSPS) is 17.5. The van der Waals surface area contributed by atoms with E-state index in [0.717, 1.165) is 12.8 Å². The van der Waals surface area contributed by atoms with E-state index in [4.69, 9.17) is 11.8 Å². The van der Waals surface area contributed by atoms with E-state index in [1.54, 1.807) is 23.1 Å². The lowest BCUT2D eigenvalue weighted by atomic mass is 10.4. The summed E-state index contributed by atoms with van der Waals surface area (Å²) in [7, 11) is 3.55. The van der Waals surface area contributed by atoms with Gasteiger partial charge in [0, 0.05) is 12.3 Å². The van der Waals surface area contributed by atoms with Gasteiger partial charge in [-0.2, -0.15) is 0 Å². The van der Waals surface area contributed by atoms with E-state index >= 15 is 0 Å². The van der Waals surface area contributed by atoms with Crippen molar-refractivity contribution in [2.75, 3.05) is 14.1 Å². The van der Waals surface area contributed by atoms with Crippen LogP contribution in [0.15, 0.2) is 0 Å². The summed E-state index contributed by atoms with van der Waals surface area (Å²) in [5.41, 5.74) is -1.90. The number of amides is 1. The molecule has 0 aliphatic rings. The highest BCUT2D eigenvalue weighted by Gasteiger charge is 2.22. The summed E-state index contributed by atoms with van der Waals surface area (Å²) in [6.45, 7) is 4.25. The SMILES string of the molecule is CCC(C)SP(=S)(NC)N(C)C=O. The molecule has 2 atom stereocenters. The average molecular weight is 240 g/mol. The third kappa shape index (κ3) is 3.98. The molecule has 0 heterocycles. The van der Waals surface area contributed by atoms with Crippen molar-refractivity contribution < 1.29 is 4.79 Å². The van der Waals surface area contributed by atoms with Crippen LogP contribution in [0.1, 0.15) is 20.3 Å². The van der Waals surface area contributed by atoms with Gasteiger partial charge in [-0.05, 0) is 25.3 Å². The number of hydrogen-bond acceptors (Lipinski definition) is 3. The van der Waals surface area contributed by atoms with Crippen molar-refractivity contribution in [2.24, 2.45) is 0 Å². The maximum atomic E-state index is 10.6. The molecule has 0 spiro atoms. The highest BCUT2D eigenvalue weighted by Crippen LogP contribution is 2.58. The summed E-state index contributed by atoms with van der Waals surface area (Å²) < 4.78 is 1.58. The third-order valence-electron chi connectivity index (χ3n) is 1.75. The van der Waals surface area contributed by atoms with E-state index in [-0.39, 0.29) is 0 Å². The van der Waals surface area contributed by atoms with Crippen molar-refractivity contribution in [1.82, 2.24) is 9.76 Å². The molecule has 0 saturated heterocycles. The molecule has 0 radical (unpaired) electrons. The second-order valence-corrected chi connectivity index (χ2v) is 10.4. The van der Waals surface area contributed by atoms with Gasteiger partial charge in [0.1, 0.15) is 0 Å². The Hall–Kier alpha value is 0.430. The summed E-state index contributed by atoms with van der Waals surface area (Å²) in [6, 6.07) is 0. The molecule has 78 valence electrons. The summed E-state index contributed by atoms with van der Waals surface area (Å²) >= 11 is 7.11. The molecule has 0 fully saturated rings. The van der Waals surface area contributed by atoms with E-state index in [2.05, 4.69) is 18.9 Å². The first-order valence-electron chi connectivity index (χ1n) is 4.16. The molecule has 1 amide bonds. The maximum Gasteiger partial charge on any atom is 0.214 e. The molecule has 13 heavy (non-hydrogen) atoms. The largest absolute Gasteiger partial charge is 0.301 e. The first kappa shape index (κ1) is 13.4. The molecule has 0 aromatic rings. The van der Waals surface area contributed by atoms with Crippen LogP contribution < -0.4 is 5.09 Å². The van der Waals surface area contributed by atoms with Crippen molar-refractivity contribution in [1.29, 1.82) is 0 Å². The van der Waals surface area contributed by atoms with E-state index < -0.39 is 5.54 Å². The average Bonchev–Trinajstić information content (AvgIpc) is 2.15. The molecule has 0 aliphatic carbocycles. The zero-order chi connectivity index (χ0) is 10.5. The predicted octanol–water partition coefficient (Wildman–Crippen LogP) is 2.05. The molecular weight excluding hydrogens is 223 g/mol. The number of nitrogens with one attached hydrogen (secondary N) is 1. The molecule has 2 unspecified atom stereocenters. The summed E-state index contributed by atoms with van der Waals surface area (Å²) in [5.74, 6) is 0. The summed E-state index contributed by atoms with van der Waals surface area (Å²) in [5, 5.41) is 3.56. The molecule has 0 rings (SSSR count). The lowest BCUT2D eigenvalue weighted by Gasteiger charge is -2.29. The summed E-state index contributed by atoms with van der Waals surface area (Å²) in [4.78, 5) is 10.6. The van der Waals surface area contributed by atoms with Gasteiger partial charge >= 0.3 is 0 Å². The van der Waals surface area contributed by atoms with Gasteiger partial charge in [0.25, 0.3) is 0 Å². The first-order valence-corrected chi connectivity index (χ1v) is 8.40. The van der Waals surface area contributed by atoms with Gasteiger partial charge < -0.3 is 4.67 Å². The second kappa shape index (κ2) is 6.02. The molecule has 0 aliphatic heterocycles. The highest BCUT2D eigenvalue weighted by atomic mass is 32.9. The van der Waals surface area contributed by atoms with Crippen molar-refractivity contribution in [3.8, 4) is 0 Å². The monoisotopic (exact) mass is 240 g/mol. The Morgan fingerprint density at radius 2 is 2.31 bits per heavy atom. The zero-order valence-corrected chi connectivity index (χ0v) is 11.0. The van der Waals surface area contributed by atoms with Crippen LogP contribution in [0.3, 0.4) is 0 Å². The van der Waals surface area contributed by atoms with Crippen LogP contribution in [0.5, 0.6) is 0 Å².